The van der Waals surface area contributed by atoms with Gasteiger partial charge in [-0.15, -0.1) is 0 Å². The normalized spacial score (nSPS) is 12.7. The Balaban J connectivity index is 1.42. The maximum absolute atomic E-state index is 13.1. The van der Waals surface area contributed by atoms with Crippen LogP contribution in [0.3, 0.4) is 0 Å². The number of amides is 3. The molecule has 3 N–H and O–H groups in total. The molecule has 0 atom stereocenters. The second-order valence-electron chi connectivity index (χ2n) is 9.03. The number of aryl methyl sites for hydroxylation is 1. The van der Waals surface area contributed by atoms with E-state index in [1.807, 2.05) is 0 Å². The third-order valence-electron chi connectivity index (χ3n) is 5.92. The van der Waals surface area contributed by atoms with Crippen molar-refractivity contribution >= 4 is 29.2 Å². The molecule has 1 aliphatic carbocycles. The van der Waals surface area contributed by atoms with Gasteiger partial charge in [0.2, 0.25) is 11.7 Å². The molecule has 12 nitrogen and oxygen atoms in total. The topological polar surface area (TPSA) is 158 Å². The van der Waals surface area contributed by atoms with Crippen molar-refractivity contribution in [2.24, 2.45) is 18.7 Å². The van der Waals surface area contributed by atoms with E-state index in [4.69, 9.17) is 15.0 Å². The Labute approximate surface area is 217 Å². The van der Waals surface area contributed by atoms with E-state index in [1.54, 1.807) is 71.4 Å². The SMILES string of the molecule is CC(=O)N(CC1CC1)c1cc(Oc2ccc(-c3noc(C(N)=O)n3)cc2)cc(C(=O)Nc2ccn(C)n2)c1. The number of aromatic nitrogens is 4. The van der Waals surface area contributed by atoms with Crippen molar-refractivity contribution in [2.45, 2.75) is 19.8 Å². The highest BCUT2D eigenvalue weighted by Gasteiger charge is 2.27. The Hall–Kier alpha value is -5.00. The predicted octanol–water partition coefficient (Wildman–Crippen LogP) is 3.38. The number of ether oxygens (including phenoxy) is 1. The summed E-state index contributed by atoms with van der Waals surface area (Å²) in [5, 5.41) is 10.7. The zero-order valence-electron chi connectivity index (χ0n) is 20.7. The number of carbonyl (C=O) groups excluding carboxylic acids is 3. The van der Waals surface area contributed by atoms with E-state index in [2.05, 4.69) is 20.6 Å². The number of nitrogens with zero attached hydrogens (tertiary/aromatic N) is 5. The van der Waals surface area contributed by atoms with E-state index in [0.29, 0.717) is 46.6 Å². The number of rotatable bonds is 9. The molecule has 0 bridgehead atoms. The van der Waals surface area contributed by atoms with Crippen LogP contribution in [0.2, 0.25) is 0 Å². The van der Waals surface area contributed by atoms with Gasteiger partial charge in [-0.25, -0.2) is 0 Å². The fraction of sp³-hybridized carbons (Fsp3) is 0.231. The zero-order chi connectivity index (χ0) is 26.8. The van der Waals surface area contributed by atoms with Gasteiger partial charge in [-0.2, -0.15) is 10.1 Å². The molecule has 194 valence electrons. The number of benzene rings is 2. The Kier molecular flexibility index (Phi) is 6.60. The number of nitrogens with one attached hydrogen (secondary N) is 1. The Bertz CT molecular complexity index is 1500. The molecule has 2 heterocycles. The summed E-state index contributed by atoms with van der Waals surface area (Å²) in [6.45, 7) is 2.08. The van der Waals surface area contributed by atoms with Gasteiger partial charge in [0.05, 0.1) is 0 Å². The summed E-state index contributed by atoms with van der Waals surface area (Å²) in [6, 6.07) is 13.4. The highest BCUT2D eigenvalue weighted by Crippen LogP contribution is 2.34. The molecular weight excluding hydrogens is 490 g/mol. The molecule has 4 aromatic rings. The monoisotopic (exact) mass is 515 g/mol. The fourth-order valence-electron chi connectivity index (χ4n) is 3.82. The first kappa shape index (κ1) is 24.7. The summed E-state index contributed by atoms with van der Waals surface area (Å²) < 4.78 is 12.5. The van der Waals surface area contributed by atoms with Crippen LogP contribution in [0.1, 0.15) is 40.8 Å². The van der Waals surface area contributed by atoms with E-state index >= 15 is 0 Å². The molecule has 0 unspecified atom stereocenters. The number of anilines is 2. The zero-order valence-corrected chi connectivity index (χ0v) is 20.7. The highest BCUT2D eigenvalue weighted by molar-refractivity contribution is 6.05. The van der Waals surface area contributed by atoms with Crippen LogP contribution in [-0.2, 0) is 11.8 Å². The summed E-state index contributed by atoms with van der Waals surface area (Å²) in [6.07, 6.45) is 3.86. The number of primary amides is 1. The lowest BCUT2D eigenvalue weighted by atomic mass is 10.1. The van der Waals surface area contributed by atoms with Crippen LogP contribution < -0.4 is 20.7 Å². The average molecular weight is 516 g/mol. The van der Waals surface area contributed by atoms with Crippen LogP contribution in [0.5, 0.6) is 11.5 Å². The van der Waals surface area contributed by atoms with Crippen LogP contribution >= 0.6 is 0 Å². The Morgan fingerprint density at radius 2 is 1.89 bits per heavy atom. The van der Waals surface area contributed by atoms with Crippen molar-refractivity contribution < 1.29 is 23.6 Å². The summed E-state index contributed by atoms with van der Waals surface area (Å²) in [4.78, 5) is 42.4. The van der Waals surface area contributed by atoms with Gasteiger partial charge in [0, 0.05) is 55.7 Å². The third kappa shape index (κ3) is 5.69. The first-order valence-electron chi connectivity index (χ1n) is 11.9. The highest BCUT2D eigenvalue weighted by atomic mass is 16.5. The molecular formula is C26H25N7O5. The van der Waals surface area contributed by atoms with Gasteiger partial charge < -0.3 is 25.2 Å². The molecule has 2 aromatic heterocycles. The summed E-state index contributed by atoms with van der Waals surface area (Å²) in [5.41, 5.74) is 6.63. The van der Waals surface area contributed by atoms with Crippen molar-refractivity contribution in [1.82, 2.24) is 19.9 Å². The number of hydrogen-bond donors (Lipinski definition) is 2. The van der Waals surface area contributed by atoms with Crippen molar-refractivity contribution in [2.75, 3.05) is 16.8 Å². The molecule has 0 radical (unpaired) electrons. The van der Waals surface area contributed by atoms with Gasteiger partial charge in [0.25, 0.3) is 5.91 Å². The lowest BCUT2D eigenvalue weighted by molar-refractivity contribution is -0.116. The second-order valence-corrected chi connectivity index (χ2v) is 9.03. The van der Waals surface area contributed by atoms with Crippen molar-refractivity contribution in [1.29, 1.82) is 0 Å². The van der Waals surface area contributed by atoms with Crippen molar-refractivity contribution in [3.63, 3.8) is 0 Å². The number of carbonyl (C=O) groups is 3. The standard InChI is InChI=1S/C26H25N7O5/c1-15(34)33(14-16-3-4-16)19-11-18(25(36)28-22-9-10-32(2)30-22)12-21(13-19)37-20-7-5-17(6-8-20)24-29-26(23(27)35)38-31-24/h5-13,16H,3-4,14H2,1-2H3,(H2,27,35)(H,28,30,36). The molecule has 5 rings (SSSR count). The van der Waals surface area contributed by atoms with Crippen LogP contribution in [0.4, 0.5) is 11.5 Å². The van der Waals surface area contributed by atoms with Crippen molar-refractivity contribution in [3.05, 3.63) is 66.2 Å². The Morgan fingerprint density at radius 3 is 2.50 bits per heavy atom. The minimum atomic E-state index is -0.812. The van der Waals surface area contributed by atoms with Crippen molar-refractivity contribution in [3.8, 4) is 22.9 Å². The number of hydrogen-bond acceptors (Lipinski definition) is 8. The molecule has 38 heavy (non-hydrogen) atoms. The molecule has 1 aliphatic rings. The van der Waals surface area contributed by atoms with E-state index < -0.39 is 5.91 Å². The lowest BCUT2D eigenvalue weighted by Crippen LogP contribution is -2.30. The van der Waals surface area contributed by atoms with Gasteiger partial charge >= 0.3 is 11.8 Å². The molecule has 2 aromatic carbocycles. The molecule has 1 fully saturated rings. The van der Waals surface area contributed by atoms with Crippen LogP contribution in [0.25, 0.3) is 11.4 Å². The fourth-order valence-corrected chi connectivity index (χ4v) is 3.82. The minimum absolute atomic E-state index is 0.120. The van der Waals surface area contributed by atoms with Gasteiger partial charge in [-0.3, -0.25) is 19.1 Å². The molecule has 3 amide bonds. The first-order chi connectivity index (χ1) is 18.2. The van der Waals surface area contributed by atoms with Crippen LogP contribution in [0, 0.1) is 5.92 Å². The van der Waals surface area contributed by atoms with Crippen LogP contribution in [0.15, 0.2) is 59.3 Å². The van der Waals surface area contributed by atoms with E-state index in [1.165, 1.54) is 6.92 Å². The summed E-state index contributed by atoms with van der Waals surface area (Å²) in [5.74, 6) is 0.301. The van der Waals surface area contributed by atoms with E-state index in [0.717, 1.165) is 12.8 Å². The van der Waals surface area contributed by atoms with Gasteiger partial charge in [-0.1, -0.05) is 5.16 Å². The molecule has 0 aliphatic heterocycles. The first-order valence-corrected chi connectivity index (χ1v) is 11.9. The maximum Gasteiger partial charge on any atom is 0.316 e. The largest absolute Gasteiger partial charge is 0.457 e. The van der Waals surface area contributed by atoms with E-state index in [9.17, 15) is 14.4 Å². The molecule has 0 spiro atoms. The molecule has 1 saturated carbocycles. The summed E-state index contributed by atoms with van der Waals surface area (Å²) in [7, 11) is 1.76. The van der Waals surface area contributed by atoms with E-state index in [-0.39, 0.29) is 23.5 Å². The van der Waals surface area contributed by atoms with Gasteiger partial charge in [0.15, 0.2) is 5.82 Å². The predicted molar refractivity (Wildman–Crippen MR) is 137 cm³/mol. The minimum Gasteiger partial charge on any atom is -0.457 e. The average Bonchev–Trinajstić information content (AvgIpc) is 3.40. The quantitative estimate of drug-likeness (QED) is 0.343. The van der Waals surface area contributed by atoms with Gasteiger partial charge in [0.1, 0.15) is 11.5 Å². The third-order valence-corrected chi connectivity index (χ3v) is 5.92. The summed E-state index contributed by atoms with van der Waals surface area (Å²) >= 11 is 0. The maximum atomic E-state index is 13.1. The lowest BCUT2D eigenvalue weighted by Gasteiger charge is -2.22. The number of nitrogens with two attached hydrogens (primary N) is 1. The molecule has 0 saturated heterocycles. The second kappa shape index (κ2) is 10.2. The smallest absolute Gasteiger partial charge is 0.316 e. The molecule has 12 heteroatoms. The van der Waals surface area contributed by atoms with Crippen LogP contribution in [-0.4, -0.2) is 44.2 Å². The van der Waals surface area contributed by atoms with Gasteiger partial charge in [-0.05, 0) is 55.2 Å². The Morgan fingerprint density at radius 1 is 1.13 bits per heavy atom.